The van der Waals surface area contributed by atoms with E-state index in [-0.39, 0.29) is 5.41 Å². The van der Waals surface area contributed by atoms with E-state index in [1.807, 2.05) is 0 Å². The fraction of sp³-hybridized carbons (Fsp3) is 0.700. The van der Waals surface area contributed by atoms with Crippen molar-refractivity contribution in [2.45, 2.75) is 83.6 Å². The largest absolute Gasteiger partial charge is 0.314 e. The molecule has 0 aromatic heterocycles. The molecule has 0 heterocycles. The summed E-state index contributed by atoms with van der Waals surface area (Å²) >= 11 is 0. The molecule has 0 aliphatic heterocycles. The minimum Gasteiger partial charge on any atom is -0.314 e. The summed E-state index contributed by atoms with van der Waals surface area (Å²) in [5.74, 6) is 0. The Bertz CT molecular complexity index is 430. The van der Waals surface area contributed by atoms with Crippen molar-refractivity contribution in [2.75, 3.05) is 6.54 Å². The summed E-state index contributed by atoms with van der Waals surface area (Å²) < 4.78 is 0. The minimum absolute atomic E-state index is 0.244. The van der Waals surface area contributed by atoms with Gasteiger partial charge >= 0.3 is 0 Å². The third-order valence-electron chi connectivity index (χ3n) is 5.02. The maximum absolute atomic E-state index is 3.70. The third kappa shape index (κ3) is 4.10. The molecule has 1 fully saturated rings. The van der Waals surface area contributed by atoms with Crippen molar-refractivity contribution in [1.82, 2.24) is 5.32 Å². The maximum Gasteiger partial charge on any atom is 0.00778 e. The van der Waals surface area contributed by atoms with Gasteiger partial charge in [0.05, 0.1) is 0 Å². The minimum atomic E-state index is 0.244. The molecule has 2 rings (SSSR count). The molecule has 0 atom stereocenters. The Hall–Kier alpha value is -0.820. The summed E-state index contributed by atoms with van der Waals surface area (Å²) in [7, 11) is 0. The van der Waals surface area contributed by atoms with Gasteiger partial charge in [0, 0.05) is 18.0 Å². The fourth-order valence-corrected chi connectivity index (χ4v) is 3.52. The van der Waals surface area contributed by atoms with Crippen LogP contribution in [0.4, 0.5) is 0 Å². The third-order valence-corrected chi connectivity index (χ3v) is 5.02. The molecular formula is C20H33N. The monoisotopic (exact) mass is 287 g/mol. The first-order valence-corrected chi connectivity index (χ1v) is 8.68. The quantitative estimate of drug-likeness (QED) is 0.804. The van der Waals surface area contributed by atoms with Crippen LogP contribution in [0.15, 0.2) is 24.3 Å². The van der Waals surface area contributed by atoms with Gasteiger partial charge in [-0.1, -0.05) is 78.1 Å². The van der Waals surface area contributed by atoms with Crippen LogP contribution in [0.1, 0.15) is 77.8 Å². The summed E-state index contributed by atoms with van der Waals surface area (Å²) in [5.41, 5.74) is 3.59. The lowest BCUT2D eigenvalue weighted by Crippen LogP contribution is -2.42. The molecule has 1 aromatic rings. The van der Waals surface area contributed by atoms with E-state index in [0.29, 0.717) is 11.5 Å². The van der Waals surface area contributed by atoms with Gasteiger partial charge in [-0.15, -0.1) is 0 Å². The molecule has 0 radical (unpaired) electrons. The lowest BCUT2D eigenvalue weighted by Gasteiger charge is -2.39. The molecule has 118 valence electrons. The van der Waals surface area contributed by atoms with Gasteiger partial charge < -0.3 is 5.32 Å². The molecule has 1 aliphatic rings. The van der Waals surface area contributed by atoms with Gasteiger partial charge in [0.1, 0.15) is 0 Å². The van der Waals surface area contributed by atoms with Crippen molar-refractivity contribution >= 4 is 0 Å². The zero-order valence-corrected chi connectivity index (χ0v) is 14.6. The normalized spacial score (nSPS) is 19.0. The average Bonchev–Trinajstić information content (AvgIpc) is 2.45. The molecule has 1 nitrogen and oxygen atoms in total. The average molecular weight is 287 g/mol. The summed E-state index contributed by atoms with van der Waals surface area (Å²) in [4.78, 5) is 0. The Morgan fingerprint density at radius 3 is 2.05 bits per heavy atom. The summed E-state index contributed by atoms with van der Waals surface area (Å²) in [6, 6.07) is 10.1. The van der Waals surface area contributed by atoms with Gasteiger partial charge in [0.2, 0.25) is 0 Å². The number of benzene rings is 1. The first-order valence-electron chi connectivity index (χ1n) is 8.68. The highest BCUT2D eigenvalue weighted by Gasteiger charge is 2.33. The fourth-order valence-electron chi connectivity index (χ4n) is 3.52. The number of nitrogens with one attached hydrogen (secondary N) is 1. The van der Waals surface area contributed by atoms with Gasteiger partial charge in [-0.25, -0.2) is 0 Å². The molecule has 1 aromatic carbocycles. The van der Waals surface area contributed by atoms with Crippen LogP contribution >= 0.6 is 0 Å². The van der Waals surface area contributed by atoms with Gasteiger partial charge in [0.15, 0.2) is 0 Å². The topological polar surface area (TPSA) is 12.0 Å². The van der Waals surface area contributed by atoms with Crippen LogP contribution in [-0.2, 0) is 10.8 Å². The van der Waals surface area contributed by atoms with Gasteiger partial charge in [-0.3, -0.25) is 0 Å². The number of rotatable bonds is 4. The van der Waals surface area contributed by atoms with Gasteiger partial charge in [-0.05, 0) is 29.4 Å². The summed E-state index contributed by atoms with van der Waals surface area (Å²) in [5, 5.41) is 3.70. The Morgan fingerprint density at radius 2 is 1.57 bits per heavy atom. The van der Waals surface area contributed by atoms with Crippen molar-refractivity contribution in [3.05, 3.63) is 35.4 Å². The number of hydrogen-bond acceptors (Lipinski definition) is 1. The Kier molecular flexibility index (Phi) is 5.14. The van der Waals surface area contributed by atoms with Crippen LogP contribution in [0.3, 0.4) is 0 Å². The lowest BCUT2D eigenvalue weighted by atomic mass is 9.69. The van der Waals surface area contributed by atoms with E-state index < -0.39 is 0 Å². The molecule has 0 unspecified atom stereocenters. The van der Waals surface area contributed by atoms with E-state index in [1.54, 1.807) is 5.56 Å². The van der Waals surface area contributed by atoms with Crippen LogP contribution in [-0.4, -0.2) is 12.6 Å². The summed E-state index contributed by atoms with van der Waals surface area (Å²) in [6.07, 6.45) is 6.83. The molecule has 1 saturated carbocycles. The van der Waals surface area contributed by atoms with E-state index in [1.165, 1.54) is 37.7 Å². The second-order valence-corrected chi connectivity index (χ2v) is 8.20. The first-order chi connectivity index (χ1) is 9.83. The van der Waals surface area contributed by atoms with Crippen molar-refractivity contribution < 1.29 is 0 Å². The highest BCUT2D eigenvalue weighted by molar-refractivity contribution is 5.33. The number of hydrogen-bond donors (Lipinski definition) is 1. The molecule has 1 N–H and O–H groups in total. The molecular weight excluding hydrogens is 254 g/mol. The van der Waals surface area contributed by atoms with E-state index in [9.17, 15) is 0 Å². The Balaban J connectivity index is 2.24. The highest BCUT2D eigenvalue weighted by Crippen LogP contribution is 2.39. The molecule has 1 aliphatic carbocycles. The summed E-state index contributed by atoms with van der Waals surface area (Å²) in [6.45, 7) is 12.5. The van der Waals surface area contributed by atoms with Gasteiger partial charge in [-0.2, -0.15) is 0 Å². The van der Waals surface area contributed by atoms with Crippen LogP contribution in [0.5, 0.6) is 0 Å². The zero-order chi connectivity index (χ0) is 15.5. The van der Waals surface area contributed by atoms with Crippen molar-refractivity contribution in [3.8, 4) is 0 Å². The predicted octanol–water partition coefficient (Wildman–Crippen LogP) is 5.18. The lowest BCUT2D eigenvalue weighted by molar-refractivity contribution is 0.273. The second-order valence-electron chi connectivity index (χ2n) is 8.20. The van der Waals surface area contributed by atoms with E-state index >= 15 is 0 Å². The van der Waals surface area contributed by atoms with Gasteiger partial charge in [0.25, 0.3) is 0 Å². The molecule has 0 saturated heterocycles. The van der Waals surface area contributed by atoms with Crippen LogP contribution in [0, 0.1) is 0 Å². The molecule has 0 amide bonds. The maximum atomic E-state index is 3.70. The first kappa shape index (κ1) is 16.5. The standard InChI is InChI=1S/C20H33N/c1-16(2)21-15-20(13-7-6-8-14-20)18-11-9-17(10-12-18)19(3,4)5/h9-12,16,21H,6-8,13-15H2,1-5H3. The highest BCUT2D eigenvalue weighted by atomic mass is 14.9. The molecule has 1 heteroatoms. The van der Waals surface area contributed by atoms with E-state index in [0.717, 1.165) is 6.54 Å². The SMILES string of the molecule is CC(C)NCC1(c2ccc(C(C)(C)C)cc2)CCCCC1. The van der Waals surface area contributed by atoms with Crippen LogP contribution < -0.4 is 5.32 Å². The Morgan fingerprint density at radius 1 is 1.00 bits per heavy atom. The van der Waals surface area contributed by atoms with Crippen LogP contribution in [0.25, 0.3) is 0 Å². The van der Waals surface area contributed by atoms with Crippen LogP contribution in [0.2, 0.25) is 0 Å². The molecule has 0 spiro atoms. The predicted molar refractivity (Wildman–Crippen MR) is 93.0 cm³/mol. The molecule has 21 heavy (non-hydrogen) atoms. The Labute approximate surface area is 131 Å². The smallest absolute Gasteiger partial charge is 0.00778 e. The zero-order valence-electron chi connectivity index (χ0n) is 14.6. The second kappa shape index (κ2) is 6.52. The van der Waals surface area contributed by atoms with Crippen molar-refractivity contribution in [3.63, 3.8) is 0 Å². The molecule has 0 bridgehead atoms. The van der Waals surface area contributed by atoms with E-state index in [4.69, 9.17) is 0 Å². The van der Waals surface area contributed by atoms with Crippen molar-refractivity contribution in [1.29, 1.82) is 0 Å². The van der Waals surface area contributed by atoms with Crippen molar-refractivity contribution in [2.24, 2.45) is 0 Å². The van der Waals surface area contributed by atoms with E-state index in [2.05, 4.69) is 64.2 Å².